The second kappa shape index (κ2) is 14.4. The third-order valence-corrected chi connectivity index (χ3v) is 10.8. The predicted molar refractivity (Wildman–Crippen MR) is 140 cm³/mol. The first-order valence-corrected chi connectivity index (χ1v) is 14.2. The van der Waals surface area contributed by atoms with Crippen molar-refractivity contribution in [1.29, 1.82) is 5.26 Å². The Morgan fingerprint density at radius 1 is 1.19 bits per heavy atom. The topological polar surface area (TPSA) is 216 Å². The molecule has 0 aromatic heterocycles. The number of methoxy groups -OCH3 is 1. The van der Waals surface area contributed by atoms with Gasteiger partial charge in [0.05, 0.1) is 47.3 Å². The summed E-state index contributed by atoms with van der Waals surface area (Å²) in [7, 11) is -0.746. The summed E-state index contributed by atoms with van der Waals surface area (Å²) in [6.45, 7) is 12.1. The summed E-state index contributed by atoms with van der Waals surface area (Å²) in [5.41, 5.74) is 7.54. The van der Waals surface area contributed by atoms with Gasteiger partial charge in [0.25, 0.3) is 0 Å². The van der Waals surface area contributed by atoms with E-state index in [0.717, 1.165) is 0 Å². The van der Waals surface area contributed by atoms with Crippen molar-refractivity contribution in [2.45, 2.75) is 57.5 Å². The normalized spacial score (nSPS) is 17.1. The van der Waals surface area contributed by atoms with Gasteiger partial charge in [-0.3, -0.25) is 0 Å². The van der Waals surface area contributed by atoms with Crippen LogP contribution < -0.4 is 16.0 Å². The first kappa shape index (κ1) is 33.6. The Bertz CT molecular complexity index is 976. The number of hydrogen-bond acceptors (Lipinski definition) is 8. The van der Waals surface area contributed by atoms with Crippen molar-refractivity contribution in [3.05, 3.63) is 22.7 Å². The van der Waals surface area contributed by atoms with Crippen molar-refractivity contribution >= 4 is 49.7 Å². The van der Waals surface area contributed by atoms with Crippen LogP contribution in [0.1, 0.15) is 32.8 Å². The van der Waals surface area contributed by atoms with Crippen molar-refractivity contribution < 1.29 is 44.0 Å². The maximum Gasteiger partial charge on any atom is 0.503 e. The quantitative estimate of drug-likeness (QED) is 0.220. The van der Waals surface area contributed by atoms with Gasteiger partial charge >= 0.3 is 18.4 Å². The third kappa shape index (κ3) is 11.5. The summed E-state index contributed by atoms with van der Waals surface area (Å²) in [4.78, 5) is 31.0. The molecule has 1 aromatic carbocycles. The number of ether oxygens (including phenoxy) is 1. The van der Waals surface area contributed by atoms with Crippen molar-refractivity contribution in [1.82, 2.24) is 5.32 Å². The molecule has 37 heavy (non-hydrogen) atoms. The molecule has 0 saturated carbocycles. The zero-order valence-corrected chi connectivity index (χ0v) is 23.4. The molecule has 7 N–H and O–H groups in total. The van der Waals surface area contributed by atoms with Crippen molar-refractivity contribution in [3.63, 3.8) is 0 Å². The molecule has 1 amide bonds. The van der Waals surface area contributed by atoms with E-state index < -0.39 is 26.7 Å². The van der Waals surface area contributed by atoms with E-state index in [9.17, 15) is 10.1 Å². The molecule has 0 bridgehead atoms. The number of alkyl carbamates (subject to hydrolysis) is 1. The Morgan fingerprint density at radius 3 is 2.14 bits per heavy atom. The van der Waals surface area contributed by atoms with Crippen LogP contribution in [0.25, 0.3) is 0 Å². The molecule has 0 aliphatic carbocycles. The molecule has 1 aliphatic rings. The molecule has 1 heterocycles. The fourth-order valence-electron chi connectivity index (χ4n) is 3.11. The average molecular weight is 563 g/mol. The lowest BCUT2D eigenvalue weighted by atomic mass is 10.0. The Morgan fingerprint density at radius 2 is 1.70 bits per heavy atom. The highest BCUT2D eigenvalue weighted by Gasteiger charge is 2.43. The molecule has 2 rings (SSSR count). The molecule has 13 nitrogen and oxygen atoms in total. The van der Waals surface area contributed by atoms with E-state index in [4.69, 9.17) is 56.5 Å². The summed E-state index contributed by atoms with van der Waals surface area (Å²) in [5.74, 6) is 0. The zero-order valence-electron chi connectivity index (χ0n) is 21.6. The first-order chi connectivity index (χ1) is 16.9. The molecule has 1 aliphatic heterocycles. The Balaban J connectivity index is 0.00000142. The number of carbonyl (C=O) groups is 3. The number of rotatable bonds is 4. The van der Waals surface area contributed by atoms with Gasteiger partial charge < -0.3 is 45.5 Å². The number of nitrogens with one attached hydrogen (secondary N) is 1. The maximum absolute atomic E-state index is 11.9. The van der Waals surface area contributed by atoms with Crippen LogP contribution in [0.5, 0.6) is 0 Å². The van der Waals surface area contributed by atoms with Crippen molar-refractivity contribution in [2.75, 3.05) is 30.8 Å². The lowest BCUT2D eigenvalue weighted by Gasteiger charge is -2.46. The summed E-state index contributed by atoms with van der Waals surface area (Å²) < 4.78 is 11.5. The zero-order chi connectivity index (χ0) is 29.1. The van der Waals surface area contributed by atoms with Crippen LogP contribution >= 0.6 is 11.6 Å². The van der Waals surface area contributed by atoms with Gasteiger partial charge in [-0.15, -0.1) is 0 Å². The molecular formula is C22H35ClN4O9Si. The minimum Gasteiger partial charge on any atom is -0.453 e. The van der Waals surface area contributed by atoms with Gasteiger partial charge in [-0.2, -0.15) is 5.26 Å². The van der Waals surface area contributed by atoms with Crippen LogP contribution in [0.4, 0.5) is 25.8 Å². The van der Waals surface area contributed by atoms with E-state index >= 15 is 0 Å². The minimum atomic E-state index is -2.10. The number of halogens is 1. The van der Waals surface area contributed by atoms with Crippen LogP contribution in [-0.4, -0.2) is 79.5 Å². The van der Waals surface area contributed by atoms with Gasteiger partial charge in [-0.1, -0.05) is 32.4 Å². The predicted octanol–water partition coefficient (Wildman–Crippen LogP) is 4.56. The largest absolute Gasteiger partial charge is 0.503 e. The summed E-state index contributed by atoms with van der Waals surface area (Å²) in [6.07, 6.45) is -3.73. The number of nitriles is 1. The third-order valence-electron chi connectivity index (χ3n) is 5.85. The number of nitrogen functional groups attached to an aromatic ring is 1. The van der Waals surface area contributed by atoms with Gasteiger partial charge in [0.15, 0.2) is 8.32 Å². The number of nitrogens with zero attached hydrogens (tertiary/aromatic N) is 2. The minimum absolute atomic E-state index is 0.0217. The SMILES string of the molecule is COC(=O)N[C@H]1CCN(c2cc(C#N)cc(N)c2Cl)C[C@@H]1O[Si](C)(C)C(C)(C)C.O=C(O)O.O=C(O)O. The number of nitrogens with two attached hydrogens (primary N) is 1. The lowest BCUT2D eigenvalue weighted by Crippen LogP contribution is -2.59. The number of amides is 1. The number of carboxylic acid groups (broad SMARTS) is 4. The Labute approximate surface area is 221 Å². The smallest absolute Gasteiger partial charge is 0.453 e. The van der Waals surface area contributed by atoms with Gasteiger partial charge in [0, 0.05) is 13.1 Å². The van der Waals surface area contributed by atoms with Crippen LogP contribution in [-0.2, 0) is 9.16 Å². The fourth-order valence-corrected chi connectivity index (χ4v) is 4.69. The molecule has 0 unspecified atom stereocenters. The summed E-state index contributed by atoms with van der Waals surface area (Å²) >= 11 is 6.45. The van der Waals surface area contributed by atoms with E-state index in [1.807, 2.05) is 0 Å². The second-order valence-corrected chi connectivity index (χ2v) is 14.6. The number of piperidine rings is 1. The monoisotopic (exact) mass is 562 g/mol. The highest BCUT2D eigenvalue weighted by atomic mass is 35.5. The molecular weight excluding hydrogens is 528 g/mol. The standard InChI is InChI=1S/C20H31ClN4O3Si.2CH2O3/c1-20(2,3)29(5,6)28-17-12-25(8-7-15(17)24-19(26)27-4)16-10-13(11-22)9-14(23)18(16)21;2*2-1(3)4/h9-10,15,17H,7-8,12,23H2,1-6H3,(H,24,26);2*(H2,2,3,4)/t15-,17-;;/m0../s1. The van der Waals surface area contributed by atoms with Gasteiger partial charge in [-0.05, 0) is 36.7 Å². The molecule has 2 atom stereocenters. The first-order valence-electron chi connectivity index (χ1n) is 11.0. The molecule has 1 aromatic rings. The second-order valence-electron chi connectivity index (χ2n) is 9.47. The van der Waals surface area contributed by atoms with Gasteiger partial charge in [-0.25, -0.2) is 14.4 Å². The molecule has 0 spiro atoms. The Kier molecular flexibility index (Phi) is 13.0. The van der Waals surface area contributed by atoms with E-state index in [0.29, 0.717) is 41.5 Å². The van der Waals surface area contributed by atoms with E-state index in [1.54, 1.807) is 12.1 Å². The summed E-state index contributed by atoms with van der Waals surface area (Å²) in [6, 6.07) is 5.26. The van der Waals surface area contributed by atoms with Crippen LogP contribution in [0.3, 0.4) is 0 Å². The lowest BCUT2D eigenvalue weighted by molar-refractivity contribution is 0.109. The number of benzene rings is 1. The molecule has 1 fully saturated rings. The van der Waals surface area contributed by atoms with Gasteiger partial charge in [0.1, 0.15) is 0 Å². The van der Waals surface area contributed by atoms with Crippen LogP contribution in [0, 0.1) is 11.3 Å². The molecule has 15 heteroatoms. The van der Waals surface area contributed by atoms with E-state index in [2.05, 4.69) is 50.2 Å². The number of anilines is 2. The molecule has 208 valence electrons. The maximum atomic E-state index is 11.9. The number of hydrogen-bond donors (Lipinski definition) is 6. The van der Waals surface area contributed by atoms with Crippen molar-refractivity contribution in [3.8, 4) is 6.07 Å². The van der Waals surface area contributed by atoms with E-state index in [1.165, 1.54) is 7.11 Å². The molecule has 0 radical (unpaired) electrons. The fraction of sp³-hybridized carbons (Fsp3) is 0.545. The van der Waals surface area contributed by atoms with Gasteiger partial charge in [0.2, 0.25) is 0 Å². The highest BCUT2D eigenvalue weighted by molar-refractivity contribution is 6.74. The average Bonchev–Trinajstić information content (AvgIpc) is 2.74. The summed E-state index contributed by atoms with van der Waals surface area (Å²) in [5, 5.41) is 40.5. The highest BCUT2D eigenvalue weighted by Crippen LogP contribution is 2.39. The van der Waals surface area contributed by atoms with E-state index in [-0.39, 0.29) is 17.2 Å². The number of carbonyl (C=O) groups excluding carboxylic acids is 1. The van der Waals surface area contributed by atoms with Crippen LogP contribution in [0.2, 0.25) is 23.2 Å². The van der Waals surface area contributed by atoms with Crippen LogP contribution in [0.15, 0.2) is 12.1 Å². The van der Waals surface area contributed by atoms with Crippen molar-refractivity contribution in [2.24, 2.45) is 0 Å². The Hall–Kier alpha value is -3.41. The molecule has 1 saturated heterocycles.